The smallest absolute Gasteiger partial charge is 0.129 e. The van der Waals surface area contributed by atoms with Crippen LogP contribution in [0, 0.1) is 0 Å². The van der Waals surface area contributed by atoms with Crippen LogP contribution in [0.25, 0.3) is 0 Å². The fraction of sp³-hybridized carbons (Fsp3) is 0.333. The van der Waals surface area contributed by atoms with Crippen LogP contribution in [0.2, 0.25) is 5.15 Å². The third kappa shape index (κ3) is 6.09. The predicted molar refractivity (Wildman–Crippen MR) is 116 cm³/mol. The van der Waals surface area contributed by atoms with Gasteiger partial charge in [-0.2, -0.15) is 0 Å². The summed E-state index contributed by atoms with van der Waals surface area (Å²) in [6.07, 6.45) is 2.80. The van der Waals surface area contributed by atoms with Gasteiger partial charge in [0.25, 0.3) is 0 Å². The number of piperazine rings is 1. The summed E-state index contributed by atoms with van der Waals surface area (Å²) in [4.78, 5) is 8.85. The molecule has 1 fully saturated rings. The van der Waals surface area contributed by atoms with Gasteiger partial charge >= 0.3 is 0 Å². The molecular weight excluding hydrogens is 376 g/mol. The molecule has 2 heterocycles. The number of benzene rings is 1. The Labute approximate surface area is 171 Å². The summed E-state index contributed by atoms with van der Waals surface area (Å²) >= 11 is 7.39. The Morgan fingerprint density at radius 3 is 2.63 bits per heavy atom. The van der Waals surface area contributed by atoms with Crippen LogP contribution >= 0.6 is 23.5 Å². The fourth-order valence-corrected chi connectivity index (χ4v) is 3.83. The number of rotatable bonds is 7. The lowest BCUT2D eigenvalue weighted by atomic mass is 10.1. The summed E-state index contributed by atoms with van der Waals surface area (Å²) in [6, 6.07) is 14.4. The van der Waals surface area contributed by atoms with E-state index in [1.54, 1.807) is 6.20 Å². The van der Waals surface area contributed by atoms with Crippen LogP contribution < -0.4 is 0 Å². The molecule has 4 nitrogen and oxygen atoms in total. The van der Waals surface area contributed by atoms with Crippen molar-refractivity contribution in [3.8, 4) is 0 Å². The van der Waals surface area contributed by atoms with Gasteiger partial charge in [-0.15, -0.1) is 0 Å². The van der Waals surface area contributed by atoms with E-state index in [9.17, 15) is 0 Å². The highest BCUT2D eigenvalue weighted by Crippen LogP contribution is 2.22. The Kier molecular flexibility index (Phi) is 7.33. The monoisotopic (exact) mass is 400 g/mol. The van der Waals surface area contributed by atoms with Crippen LogP contribution in [0.1, 0.15) is 18.1 Å². The van der Waals surface area contributed by atoms with Crippen molar-refractivity contribution < 1.29 is 0 Å². The maximum atomic E-state index is 5.95. The molecule has 6 heteroatoms. The number of pyridine rings is 1. The molecule has 142 valence electrons. The summed E-state index contributed by atoms with van der Waals surface area (Å²) in [5.41, 5.74) is 3.31. The summed E-state index contributed by atoms with van der Waals surface area (Å²) in [5, 5.41) is 1.48. The standard InChI is InChI=1S/C21H25ClN4S/c1-17(20-8-10-23-21(22)16-20)24-27-18(2)26-14-12-25(13-15-26)11-9-19-6-4-3-5-7-19/h3-8,10,16H,2,9,11-15H2,1H3/b24-17+. The molecule has 0 amide bonds. The van der Waals surface area contributed by atoms with Crippen molar-refractivity contribution in [2.45, 2.75) is 13.3 Å². The molecule has 0 spiro atoms. The molecule has 0 bridgehead atoms. The second-order valence-corrected chi connectivity index (χ2v) is 7.82. The molecule has 0 saturated carbocycles. The van der Waals surface area contributed by atoms with E-state index in [4.69, 9.17) is 11.6 Å². The molecule has 0 atom stereocenters. The zero-order valence-corrected chi connectivity index (χ0v) is 17.2. The normalized spacial score (nSPS) is 15.8. The number of aromatic nitrogens is 1. The molecule has 1 aliphatic rings. The van der Waals surface area contributed by atoms with E-state index < -0.39 is 0 Å². The second kappa shape index (κ2) is 9.93. The van der Waals surface area contributed by atoms with Crippen LogP contribution in [0.5, 0.6) is 0 Å². The Balaban J connectivity index is 1.43. The first-order valence-electron chi connectivity index (χ1n) is 9.15. The lowest BCUT2D eigenvalue weighted by Crippen LogP contribution is -2.45. The van der Waals surface area contributed by atoms with Crippen molar-refractivity contribution >= 4 is 29.3 Å². The molecule has 0 aliphatic carbocycles. The van der Waals surface area contributed by atoms with E-state index in [0.717, 1.165) is 55.4 Å². The fourth-order valence-electron chi connectivity index (χ4n) is 3.01. The molecule has 0 radical (unpaired) electrons. The van der Waals surface area contributed by atoms with Crippen molar-refractivity contribution in [3.05, 3.63) is 76.5 Å². The zero-order chi connectivity index (χ0) is 19.1. The number of hydrogen-bond acceptors (Lipinski definition) is 5. The van der Waals surface area contributed by atoms with Crippen LogP contribution in [-0.2, 0) is 6.42 Å². The molecule has 27 heavy (non-hydrogen) atoms. The van der Waals surface area contributed by atoms with Gasteiger partial charge in [0, 0.05) is 56.4 Å². The average molecular weight is 401 g/mol. The van der Waals surface area contributed by atoms with E-state index in [-0.39, 0.29) is 0 Å². The molecule has 1 aromatic heterocycles. The highest BCUT2D eigenvalue weighted by molar-refractivity contribution is 8.01. The van der Waals surface area contributed by atoms with Crippen molar-refractivity contribution in [2.75, 3.05) is 32.7 Å². The molecule has 1 aromatic carbocycles. The minimum atomic E-state index is 0.484. The molecule has 3 rings (SSSR count). The Morgan fingerprint density at radius 1 is 1.19 bits per heavy atom. The molecule has 1 aliphatic heterocycles. The van der Waals surface area contributed by atoms with Gasteiger partial charge in [-0.1, -0.05) is 48.5 Å². The van der Waals surface area contributed by atoms with Crippen molar-refractivity contribution in [1.82, 2.24) is 14.8 Å². The van der Waals surface area contributed by atoms with E-state index in [2.05, 4.69) is 56.1 Å². The van der Waals surface area contributed by atoms with Gasteiger partial charge in [0.1, 0.15) is 5.15 Å². The van der Waals surface area contributed by atoms with Crippen LogP contribution in [-0.4, -0.2) is 53.2 Å². The van der Waals surface area contributed by atoms with Crippen molar-refractivity contribution in [1.29, 1.82) is 0 Å². The van der Waals surface area contributed by atoms with Crippen LogP contribution in [0.15, 0.2) is 64.7 Å². The zero-order valence-electron chi connectivity index (χ0n) is 15.6. The maximum Gasteiger partial charge on any atom is 0.129 e. The largest absolute Gasteiger partial charge is 0.363 e. The number of nitrogens with zero attached hydrogens (tertiary/aromatic N) is 4. The summed E-state index contributed by atoms with van der Waals surface area (Å²) in [7, 11) is 0. The Hall–Kier alpha value is -1.82. The summed E-state index contributed by atoms with van der Waals surface area (Å²) in [6.45, 7) is 11.4. The van der Waals surface area contributed by atoms with E-state index in [0.29, 0.717) is 5.15 Å². The third-order valence-corrected chi connectivity index (χ3v) is 5.76. The first kappa shape index (κ1) is 19.9. The van der Waals surface area contributed by atoms with Gasteiger partial charge in [0.05, 0.1) is 10.7 Å². The third-order valence-electron chi connectivity index (χ3n) is 4.72. The molecule has 0 unspecified atom stereocenters. The highest BCUT2D eigenvalue weighted by atomic mass is 35.5. The van der Waals surface area contributed by atoms with Gasteiger partial charge in [-0.05, 0) is 31.0 Å². The van der Waals surface area contributed by atoms with Gasteiger partial charge in [0.2, 0.25) is 0 Å². The molecular formula is C21H25ClN4S. The van der Waals surface area contributed by atoms with E-state index in [1.165, 1.54) is 17.5 Å². The minimum absolute atomic E-state index is 0.484. The number of hydrogen-bond donors (Lipinski definition) is 0. The predicted octanol–water partition coefficient (Wildman–Crippen LogP) is 4.52. The summed E-state index contributed by atoms with van der Waals surface area (Å²) in [5.74, 6) is 0. The first-order chi connectivity index (χ1) is 13.1. The lowest BCUT2D eigenvalue weighted by molar-refractivity contribution is 0.167. The van der Waals surface area contributed by atoms with Crippen molar-refractivity contribution in [2.24, 2.45) is 4.40 Å². The number of halogens is 1. The molecule has 2 aromatic rings. The van der Waals surface area contributed by atoms with Crippen molar-refractivity contribution in [3.63, 3.8) is 0 Å². The van der Waals surface area contributed by atoms with Crippen LogP contribution in [0.4, 0.5) is 0 Å². The summed E-state index contributed by atoms with van der Waals surface area (Å²) < 4.78 is 4.60. The quantitative estimate of drug-likeness (QED) is 0.388. The lowest BCUT2D eigenvalue weighted by Gasteiger charge is -2.36. The van der Waals surface area contributed by atoms with Gasteiger partial charge in [-0.3, -0.25) is 4.90 Å². The van der Waals surface area contributed by atoms with E-state index >= 15 is 0 Å². The van der Waals surface area contributed by atoms with Gasteiger partial charge < -0.3 is 4.90 Å². The first-order valence-corrected chi connectivity index (χ1v) is 10.3. The topological polar surface area (TPSA) is 31.7 Å². The molecule has 0 N–H and O–H groups in total. The minimum Gasteiger partial charge on any atom is -0.363 e. The maximum absolute atomic E-state index is 5.95. The Morgan fingerprint density at radius 2 is 1.93 bits per heavy atom. The average Bonchev–Trinajstić information content (AvgIpc) is 2.71. The SMILES string of the molecule is C=C(S/N=C(\C)c1ccnc(Cl)c1)N1CCN(CCc2ccccc2)CC1. The van der Waals surface area contributed by atoms with Gasteiger partial charge in [0.15, 0.2) is 0 Å². The molecule has 1 saturated heterocycles. The van der Waals surface area contributed by atoms with E-state index in [1.807, 2.05) is 19.1 Å². The highest BCUT2D eigenvalue weighted by Gasteiger charge is 2.18. The van der Waals surface area contributed by atoms with Gasteiger partial charge in [-0.25, -0.2) is 9.38 Å². The van der Waals surface area contributed by atoms with Crippen LogP contribution in [0.3, 0.4) is 0 Å². The second-order valence-electron chi connectivity index (χ2n) is 6.59. The Bertz CT molecular complexity index is 786.